The smallest absolute Gasteiger partial charge is 0.422 e. The van der Waals surface area contributed by atoms with Crippen molar-refractivity contribution in [2.75, 3.05) is 82.0 Å². The second-order valence-corrected chi connectivity index (χ2v) is 16.5. The van der Waals surface area contributed by atoms with E-state index in [2.05, 4.69) is 37.5 Å². The number of likely N-dealkylation sites (tertiary alicyclic amines) is 2. The van der Waals surface area contributed by atoms with Crippen molar-refractivity contribution in [1.29, 1.82) is 0 Å². The normalized spacial score (nSPS) is 21.2. The molecule has 54 heavy (non-hydrogen) atoms. The number of carbonyl (C=O) groups is 1. The van der Waals surface area contributed by atoms with E-state index in [1.807, 2.05) is 24.0 Å². The minimum Gasteiger partial charge on any atom is -0.481 e. The van der Waals surface area contributed by atoms with Crippen LogP contribution in [0.4, 0.5) is 29.3 Å². The van der Waals surface area contributed by atoms with Gasteiger partial charge in [0.05, 0.1) is 11.7 Å². The number of ether oxygens (including phenoxy) is 1. The van der Waals surface area contributed by atoms with Crippen molar-refractivity contribution in [2.45, 2.75) is 57.5 Å². The number of rotatable bonds is 9. The zero-order valence-electron chi connectivity index (χ0n) is 30.7. The second-order valence-electron chi connectivity index (χ2n) is 16.5. The Morgan fingerprint density at radius 1 is 0.981 bits per heavy atom. The number of nitrogens with one attached hydrogen (secondary N) is 1. The van der Waals surface area contributed by atoms with Gasteiger partial charge in [0.15, 0.2) is 12.4 Å². The number of nitrogens with zero attached hydrogens (tertiary/aromatic N) is 7. The molecular formula is C40H46F4N8O2. The first-order valence-corrected chi connectivity index (χ1v) is 19.2. The van der Waals surface area contributed by atoms with Crippen LogP contribution >= 0.6 is 0 Å². The Kier molecular flexibility index (Phi) is 8.55. The van der Waals surface area contributed by atoms with Crippen LogP contribution in [0.3, 0.4) is 0 Å². The van der Waals surface area contributed by atoms with Crippen molar-refractivity contribution in [3.05, 3.63) is 48.2 Å². The number of halogens is 4. The Morgan fingerprint density at radius 3 is 2.35 bits per heavy atom. The number of fused-ring (bicyclic) bond motifs is 2. The van der Waals surface area contributed by atoms with E-state index in [1.54, 1.807) is 6.20 Å². The molecular weight excluding hydrogens is 700 g/mol. The molecule has 10 nitrogen and oxygen atoms in total. The Labute approximate surface area is 311 Å². The molecule has 1 saturated carbocycles. The molecule has 0 bridgehead atoms. The molecule has 0 radical (unpaired) electrons. The Bertz CT molecular complexity index is 2100. The number of carbonyl (C=O) groups excluding carboxylic acids is 1. The first-order valence-electron chi connectivity index (χ1n) is 19.2. The lowest BCUT2D eigenvalue weighted by molar-refractivity contribution is -0.153. The van der Waals surface area contributed by atoms with E-state index in [9.17, 15) is 22.4 Å². The number of H-pyrrole nitrogens is 1. The van der Waals surface area contributed by atoms with Gasteiger partial charge in [0.1, 0.15) is 18.0 Å². The third kappa shape index (κ3) is 6.23. The highest BCUT2D eigenvalue weighted by Crippen LogP contribution is 2.54. The maximum atomic E-state index is 14.1. The number of hydrogen-bond acceptors (Lipinski definition) is 8. The number of alkyl halides is 4. The van der Waals surface area contributed by atoms with Crippen LogP contribution in [0, 0.1) is 17.8 Å². The summed E-state index contributed by atoms with van der Waals surface area (Å²) in [7, 11) is 0. The van der Waals surface area contributed by atoms with Gasteiger partial charge in [-0.25, -0.2) is 9.37 Å². The summed E-state index contributed by atoms with van der Waals surface area (Å²) in [6.45, 7) is 10.2. The molecule has 4 saturated heterocycles. The number of aromatic amines is 1. The molecule has 5 aliphatic rings. The summed E-state index contributed by atoms with van der Waals surface area (Å²) >= 11 is 0. The fourth-order valence-electron chi connectivity index (χ4n) is 9.49. The Hall–Kier alpha value is -4.46. The molecule has 6 heterocycles. The highest BCUT2D eigenvalue weighted by Gasteiger charge is 2.48. The first-order chi connectivity index (χ1) is 26.0. The third-order valence-electron chi connectivity index (χ3n) is 12.7. The van der Waals surface area contributed by atoms with Crippen molar-refractivity contribution >= 4 is 39.5 Å². The van der Waals surface area contributed by atoms with Crippen LogP contribution in [0.5, 0.6) is 5.75 Å². The van der Waals surface area contributed by atoms with Gasteiger partial charge >= 0.3 is 6.18 Å². The summed E-state index contributed by atoms with van der Waals surface area (Å²) in [6.07, 6.45) is 4.01. The van der Waals surface area contributed by atoms with Gasteiger partial charge in [-0.1, -0.05) is 12.6 Å². The minimum atomic E-state index is -4.57. The highest BCUT2D eigenvalue weighted by atomic mass is 19.4. The molecule has 286 valence electrons. The topological polar surface area (TPSA) is 93.7 Å². The second kappa shape index (κ2) is 13.1. The lowest BCUT2D eigenvalue weighted by Gasteiger charge is -2.54. The average Bonchev–Trinajstić information content (AvgIpc) is 3.87. The van der Waals surface area contributed by atoms with E-state index >= 15 is 0 Å². The van der Waals surface area contributed by atoms with Crippen molar-refractivity contribution < 1.29 is 27.1 Å². The van der Waals surface area contributed by atoms with Crippen LogP contribution in [0.15, 0.2) is 37.1 Å². The molecule has 14 heteroatoms. The highest BCUT2D eigenvalue weighted by molar-refractivity contribution is 6.06. The SMILES string of the molecule is C=CC(=O)N1CC2(CCN(c3nc(N4CC5(CCN(CCF)CC5)C4)nc4c(OCC(F)(F)F)c(-c5c(C)ccc6[nH]ncc56)c(C5CC5)cc34)CC2)C1. The van der Waals surface area contributed by atoms with E-state index in [4.69, 9.17) is 14.7 Å². The molecule has 2 aromatic carbocycles. The predicted molar refractivity (Wildman–Crippen MR) is 200 cm³/mol. The van der Waals surface area contributed by atoms with Gasteiger partial charge in [-0.05, 0) is 99.4 Å². The van der Waals surface area contributed by atoms with Crippen molar-refractivity contribution in [3.63, 3.8) is 0 Å². The molecule has 0 atom stereocenters. The minimum absolute atomic E-state index is 0.0375. The number of amides is 1. The van der Waals surface area contributed by atoms with Crippen LogP contribution in [-0.4, -0.2) is 114 Å². The standard InChI is InChI=1S/C40H46F4N8O2/c1-3-31(53)51-20-39(21-51)10-15-50(16-11-39)36-28-18-27(26-5-6-26)33(32-25(2)4-7-30-29(32)19-45-48-30)35(54-24-40(42,43)44)34(28)46-37(47-36)52-22-38(23-52)8-13-49(14-9-38)17-12-41/h3-4,7,18-19,26H,1,5-6,8-17,20-24H2,2H3,(H,45,48). The van der Waals surface area contributed by atoms with Gasteiger partial charge in [-0.3, -0.25) is 9.89 Å². The molecule has 0 unspecified atom stereocenters. The molecule has 2 aromatic heterocycles. The number of aryl methyl sites for hydroxylation is 1. The van der Waals surface area contributed by atoms with Crippen molar-refractivity contribution in [1.82, 2.24) is 30.0 Å². The summed E-state index contributed by atoms with van der Waals surface area (Å²) in [6, 6.07) is 6.02. The van der Waals surface area contributed by atoms with Gasteiger partial charge in [0, 0.05) is 73.0 Å². The van der Waals surface area contributed by atoms with Gasteiger partial charge in [-0.15, -0.1) is 0 Å². The van der Waals surface area contributed by atoms with Gasteiger partial charge < -0.3 is 24.3 Å². The molecule has 1 amide bonds. The van der Waals surface area contributed by atoms with E-state index in [0.29, 0.717) is 61.0 Å². The largest absolute Gasteiger partial charge is 0.481 e. The quantitative estimate of drug-likeness (QED) is 0.148. The zero-order valence-corrected chi connectivity index (χ0v) is 30.7. The lowest BCUT2D eigenvalue weighted by Crippen LogP contribution is -2.62. The van der Waals surface area contributed by atoms with Crippen molar-refractivity contribution in [3.8, 4) is 16.9 Å². The molecule has 1 aliphatic carbocycles. The molecule has 9 rings (SSSR count). The van der Waals surface area contributed by atoms with Gasteiger partial charge in [-0.2, -0.15) is 23.3 Å². The number of anilines is 2. The van der Waals surface area contributed by atoms with Crippen LogP contribution in [0.2, 0.25) is 0 Å². The Balaban J connectivity index is 1.17. The Morgan fingerprint density at radius 2 is 1.69 bits per heavy atom. The summed E-state index contributed by atoms with van der Waals surface area (Å²) in [5.74, 6) is 1.45. The van der Waals surface area contributed by atoms with E-state index in [-0.39, 0.29) is 35.1 Å². The molecule has 5 fully saturated rings. The lowest BCUT2D eigenvalue weighted by atomic mass is 9.72. The van der Waals surface area contributed by atoms with Crippen LogP contribution in [-0.2, 0) is 4.79 Å². The maximum absolute atomic E-state index is 14.1. The maximum Gasteiger partial charge on any atom is 0.422 e. The molecule has 2 spiro atoms. The zero-order chi connectivity index (χ0) is 37.4. The summed E-state index contributed by atoms with van der Waals surface area (Å²) in [5.41, 5.74) is 4.59. The summed E-state index contributed by atoms with van der Waals surface area (Å²) in [4.78, 5) is 31.1. The van der Waals surface area contributed by atoms with Gasteiger partial charge in [0.25, 0.3) is 0 Å². The fourth-order valence-corrected chi connectivity index (χ4v) is 9.49. The third-order valence-corrected chi connectivity index (χ3v) is 12.7. The van der Waals surface area contributed by atoms with E-state index in [0.717, 1.165) is 92.3 Å². The van der Waals surface area contributed by atoms with Crippen LogP contribution in [0.25, 0.3) is 32.9 Å². The number of piperidine rings is 2. The van der Waals surface area contributed by atoms with Crippen LogP contribution in [0.1, 0.15) is 55.6 Å². The van der Waals surface area contributed by atoms with E-state index < -0.39 is 12.8 Å². The van der Waals surface area contributed by atoms with Crippen molar-refractivity contribution in [2.24, 2.45) is 10.8 Å². The van der Waals surface area contributed by atoms with E-state index in [1.165, 1.54) is 6.08 Å². The number of hydrogen-bond donors (Lipinski definition) is 1. The first kappa shape index (κ1) is 35.3. The van der Waals surface area contributed by atoms with Crippen LogP contribution < -0.4 is 14.5 Å². The fraction of sp³-hybridized carbons (Fsp3) is 0.550. The summed E-state index contributed by atoms with van der Waals surface area (Å²) in [5, 5.41) is 8.84. The number of aromatic nitrogens is 4. The molecule has 4 aliphatic heterocycles. The number of benzene rings is 2. The summed E-state index contributed by atoms with van der Waals surface area (Å²) < 4.78 is 61.4. The van der Waals surface area contributed by atoms with Gasteiger partial charge in [0.2, 0.25) is 11.9 Å². The molecule has 4 aromatic rings. The predicted octanol–water partition coefficient (Wildman–Crippen LogP) is 6.79. The average molecular weight is 747 g/mol. The monoisotopic (exact) mass is 746 g/mol. The molecule has 1 N–H and O–H groups in total.